The zero-order chi connectivity index (χ0) is 25.3. The summed E-state index contributed by atoms with van der Waals surface area (Å²) in [6.07, 6.45) is -5.13. The molecule has 0 aromatic heterocycles. The third-order valence-electron chi connectivity index (χ3n) is 4.48. The van der Waals surface area contributed by atoms with Crippen molar-refractivity contribution in [1.29, 1.82) is 0 Å². The summed E-state index contributed by atoms with van der Waals surface area (Å²) < 4.78 is 75.8. The highest BCUT2D eigenvalue weighted by atomic mass is 19.2. The Labute approximate surface area is 189 Å². The highest BCUT2D eigenvalue weighted by molar-refractivity contribution is 5.95. The molecule has 1 aliphatic rings. The number of nitrogens with one attached hydrogen (secondary N) is 1. The summed E-state index contributed by atoms with van der Waals surface area (Å²) in [6, 6.07) is 0. The maximum atomic E-state index is 13.9. The molecule has 0 radical (unpaired) electrons. The van der Waals surface area contributed by atoms with Crippen LogP contribution in [0.3, 0.4) is 0 Å². The second kappa shape index (κ2) is 13.4. The number of ether oxygens (including phenoxy) is 4. The van der Waals surface area contributed by atoms with Crippen LogP contribution in [0.1, 0.15) is 10.4 Å². The van der Waals surface area contributed by atoms with Gasteiger partial charge in [0, 0.05) is 11.5 Å². The van der Waals surface area contributed by atoms with Gasteiger partial charge in [-0.15, -0.1) is 0 Å². The van der Waals surface area contributed by atoms with Gasteiger partial charge >= 0.3 is 0 Å². The predicted octanol–water partition coefficient (Wildman–Crippen LogP) is 0.403. The first kappa shape index (κ1) is 27.7. The molecule has 0 saturated carbocycles. The Morgan fingerprint density at radius 2 is 1.59 bits per heavy atom. The Bertz CT molecular complexity index is 876. The Kier molecular flexibility index (Phi) is 10.9. The minimum Gasteiger partial charge on any atom is -0.388 e. The van der Waals surface area contributed by atoms with E-state index in [1.165, 1.54) is 0 Å². The second-order valence-electron chi connectivity index (χ2n) is 6.77. The number of aliphatic hydroxyl groups is 3. The largest absolute Gasteiger partial charge is 0.388 e. The molecule has 1 aliphatic heterocycles. The molecule has 34 heavy (non-hydrogen) atoms. The van der Waals surface area contributed by atoms with Gasteiger partial charge in [0.15, 0.2) is 29.6 Å². The minimum atomic E-state index is -2.01. The summed E-state index contributed by atoms with van der Waals surface area (Å²) in [5.41, 5.74) is 5.16. The van der Waals surface area contributed by atoms with Gasteiger partial charge in [0.25, 0.3) is 5.91 Å². The summed E-state index contributed by atoms with van der Waals surface area (Å²) >= 11 is 0. The van der Waals surface area contributed by atoms with Gasteiger partial charge in [-0.05, 0) is 5.53 Å². The number of rotatable bonds is 12. The number of nitrogens with zero attached hydrogens (tertiary/aromatic N) is 3. The predicted molar refractivity (Wildman–Crippen MR) is 103 cm³/mol. The van der Waals surface area contributed by atoms with Crippen LogP contribution in [-0.2, 0) is 18.9 Å². The fraction of sp³-hybridized carbons (Fsp3) is 0.611. The van der Waals surface area contributed by atoms with Gasteiger partial charge in [0.05, 0.1) is 39.6 Å². The normalized spacial score (nSPS) is 22.3. The van der Waals surface area contributed by atoms with Gasteiger partial charge < -0.3 is 39.6 Å². The topological polar surface area (TPSA) is 175 Å². The average Bonchev–Trinajstić information content (AvgIpc) is 2.81. The number of carbonyl (C=O) groups excluding carboxylic acids is 1. The maximum Gasteiger partial charge on any atom is 0.257 e. The van der Waals surface area contributed by atoms with Crippen molar-refractivity contribution >= 4 is 11.6 Å². The van der Waals surface area contributed by atoms with Crippen molar-refractivity contribution in [3.63, 3.8) is 0 Å². The average molecular weight is 498 g/mol. The smallest absolute Gasteiger partial charge is 0.257 e. The molecule has 4 N–H and O–H groups in total. The summed E-state index contributed by atoms with van der Waals surface area (Å²) in [7, 11) is 0. The van der Waals surface area contributed by atoms with E-state index in [-0.39, 0.29) is 46.2 Å². The number of halogens is 4. The summed E-state index contributed by atoms with van der Waals surface area (Å²) in [6.45, 7) is -0.357. The molecular weight excluding hydrogens is 476 g/mol. The van der Waals surface area contributed by atoms with Gasteiger partial charge in [-0.3, -0.25) is 4.79 Å². The van der Waals surface area contributed by atoms with Crippen LogP contribution in [0.25, 0.3) is 10.4 Å². The third kappa shape index (κ3) is 6.97. The fourth-order valence-corrected chi connectivity index (χ4v) is 2.75. The van der Waals surface area contributed by atoms with E-state index in [2.05, 4.69) is 10.0 Å². The van der Waals surface area contributed by atoms with E-state index in [0.717, 1.165) is 0 Å². The Hall–Kier alpha value is -2.56. The van der Waals surface area contributed by atoms with E-state index in [4.69, 9.17) is 24.5 Å². The van der Waals surface area contributed by atoms with E-state index < -0.39 is 65.0 Å². The van der Waals surface area contributed by atoms with E-state index >= 15 is 0 Å². The molecule has 0 aliphatic carbocycles. The highest BCUT2D eigenvalue weighted by Crippen LogP contribution is 2.30. The van der Waals surface area contributed by atoms with Crippen molar-refractivity contribution in [2.75, 3.05) is 46.2 Å². The van der Waals surface area contributed by atoms with Crippen LogP contribution in [0.4, 0.5) is 23.2 Å². The monoisotopic (exact) mass is 498 g/mol. The van der Waals surface area contributed by atoms with Crippen LogP contribution in [-0.4, -0.2) is 92.0 Å². The van der Waals surface area contributed by atoms with Crippen molar-refractivity contribution in [2.45, 2.75) is 24.6 Å². The molecule has 1 aromatic carbocycles. The first-order valence-corrected chi connectivity index (χ1v) is 9.82. The fourth-order valence-electron chi connectivity index (χ4n) is 2.75. The lowest BCUT2D eigenvalue weighted by Crippen LogP contribution is -2.53. The molecule has 2 unspecified atom stereocenters. The van der Waals surface area contributed by atoms with Crippen molar-refractivity contribution in [3.05, 3.63) is 39.3 Å². The molecule has 0 spiro atoms. The number of carbonyl (C=O) groups is 1. The number of aliphatic hydroxyl groups excluding tert-OH is 3. The number of benzene rings is 1. The van der Waals surface area contributed by atoms with Crippen molar-refractivity contribution < 1.29 is 56.6 Å². The lowest BCUT2D eigenvalue weighted by atomic mass is 10.1. The van der Waals surface area contributed by atoms with E-state index in [0.29, 0.717) is 0 Å². The molecule has 1 fully saturated rings. The maximum absolute atomic E-state index is 13.9. The summed E-state index contributed by atoms with van der Waals surface area (Å²) in [4.78, 5) is 13.9. The van der Waals surface area contributed by atoms with E-state index in [1.54, 1.807) is 0 Å². The van der Waals surface area contributed by atoms with Crippen LogP contribution >= 0.6 is 0 Å². The number of amides is 1. The van der Waals surface area contributed by atoms with Gasteiger partial charge in [0.2, 0.25) is 0 Å². The molecule has 1 saturated heterocycles. The molecule has 1 aromatic rings. The molecule has 2 rings (SSSR count). The molecular formula is C18H22F4N4O8. The van der Waals surface area contributed by atoms with Crippen LogP contribution < -0.4 is 5.32 Å². The van der Waals surface area contributed by atoms with Gasteiger partial charge in [-0.1, -0.05) is 5.11 Å². The molecule has 1 heterocycles. The Balaban J connectivity index is 1.62. The van der Waals surface area contributed by atoms with Crippen molar-refractivity contribution in [3.8, 4) is 0 Å². The zero-order valence-electron chi connectivity index (χ0n) is 17.5. The van der Waals surface area contributed by atoms with Gasteiger partial charge in [0.1, 0.15) is 29.6 Å². The quantitative estimate of drug-likeness (QED) is 0.0800. The van der Waals surface area contributed by atoms with E-state index in [9.17, 15) is 37.7 Å². The standard InChI is InChI=1S/C18H22F4N4O8/c19-10-9(11(20)13(22)14(12(10)21)25-26-23)17(30)24-1-2-31-3-4-32-5-6-33-18-16(29)15(28)8(27)7-34-18/h8,15-16,18,27-29H,1-7H2,(H,24,30)/t8-,15?,16?,18-/m1/s1. The van der Waals surface area contributed by atoms with Crippen molar-refractivity contribution in [2.24, 2.45) is 5.11 Å². The molecule has 4 atom stereocenters. The number of hydrogen-bond donors (Lipinski definition) is 4. The molecule has 16 heteroatoms. The van der Waals surface area contributed by atoms with Crippen LogP contribution in [0.5, 0.6) is 0 Å². The van der Waals surface area contributed by atoms with Gasteiger partial charge in [-0.25, -0.2) is 17.6 Å². The van der Waals surface area contributed by atoms with Crippen LogP contribution in [0.2, 0.25) is 0 Å². The first-order valence-electron chi connectivity index (χ1n) is 9.82. The molecule has 1 amide bonds. The van der Waals surface area contributed by atoms with Crippen LogP contribution in [0.15, 0.2) is 5.11 Å². The summed E-state index contributed by atoms with van der Waals surface area (Å²) in [5.74, 6) is -9.46. The highest BCUT2D eigenvalue weighted by Gasteiger charge is 2.38. The van der Waals surface area contributed by atoms with Crippen molar-refractivity contribution in [1.82, 2.24) is 5.32 Å². The lowest BCUT2D eigenvalue weighted by molar-refractivity contribution is -0.271. The molecule has 190 valence electrons. The Morgan fingerprint density at radius 3 is 2.21 bits per heavy atom. The number of azide groups is 1. The molecule has 12 nitrogen and oxygen atoms in total. The van der Waals surface area contributed by atoms with E-state index in [1.807, 2.05) is 5.32 Å². The van der Waals surface area contributed by atoms with Crippen LogP contribution in [0, 0.1) is 23.3 Å². The van der Waals surface area contributed by atoms with Gasteiger partial charge in [-0.2, -0.15) is 0 Å². The SMILES string of the molecule is [N-]=[N+]=Nc1c(F)c(F)c(C(=O)NCCOCCOCCO[C@@H]2OC[C@@H](O)C(O)C2O)c(F)c1F. The number of hydrogen-bond acceptors (Lipinski definition) is 9. The molecule has 0 bridgehead atoms. The zero-order valence-corrected chi connectivity index (χ0v) is 17.5. The third-order valence-corrected chi connectivity index (χ3v) is 4.48. The summed E-state index contributed by atoms with van der Waals surface area (Å²) in [5, 5.41) is 33.1. The minimum absolute atomic E-state index is 0.00329. The lowest BCUT2D eigenvalue weighted by Gasteiger charge is -2.34. The first-order chi connectivity index (χ1) is 16.2. The second-order valence-corrected chi connectivity index (χ2v) is 6.77. The Morgan fingerprint density at radius 1 is 1.00 bits per heavy atom.